The smallest absolute Gasteiger partial charge is 0.356 e. The van der Waals surface area contributed by atoms with Crippen molar-refractivity contribution in [1.29, 1.82) is 0 Å². The summed E-state index contributed by atoms with van der Waals surface area (Å²) in [6.45, 7) is 1.35. The fourth-order valence-electron chi connectivity index (χ4n) is 3.40. The van der Waals surface area contributed by atoms with Crippen molar-refractivity contribution in [2.45, 2.75) is 25.4 Å². The molecule has 0 atom stereocenters. The van der Waals surface area contributed by atoms with Crippen LogP contribution in [0.4, 0.5) is 23.7 Å². The quantitative estimate of drug-likeness (QED) is 0.759. The number of piperidine rings is 1. The number of carbonyl (C=O) groups is 2. The number of anilines is 1. The molecule has 0 bridgehead atoms. The zero-order valence-electron chi connectivity index (χ0n) is 16.4. The predicted molar refractivity (Wildman–Crippen MR) is 108 cm³/mol. The van der Waals surface area contributed by atoms with Crippen molar-refractivity contribution < 1.29 is 22.8 Å². The number of hydrogen-bond acceptors (Lipinski definition) is 2. The summed E-state index contributed by atoms with van der Waals surface area (Å²) in [4.78, 5) is 26.4. The Morgan fingerprint density at radius 2 is 1.60 bits per heavy atom. The number of alkyl halides is 3. The maximum Gasteiger partial charge on any atom is 0.416 e. The van der Waals surface area contributed by atoms with Gasteiger partial charge in [-0.1, -0.05) is 30.3 Å². The van der Waals surface area contributed by atoms with E-state index >= 15 is 0 Å². The molecule has 2 aromatic carbocycles. The first kappa shape index (κ1) is 21.7. The van der Waals surface area contributed by atoms with Gasteiger partial charge in [-0.15, -0.1) is 0 Å². The van der Waals surface area contributed by atoms with Crippen LogP contribution in [0, 0.1) is 5.92 Å². The van der Waals surface area contributed by atoms with Crippen LogP contribution >= 0.6 is 0 Å². The highest BCUT2D eigenvalue weighted by molar-refractivity contribution is 5.89. The first-order chi connectivity index (χ1) is 14.3. The number of likely N-dealkylation sites (tertiary alicyclic amines) is 1. The Kier molecular flexibility index (Phi) is 6.97. The van der Waals surface area contributed by atoms with Gasteiger partial charge in [-0.3, -0.25) is 4.79 Å². The van der Waals surface area contributed by atoms with Crippen LogP contribution in [0.5, 0.6) is 0 Å². The number of para-hydroxylation sites is 1. The molecule has 3 amide bonds. The highest BCUT2D eigenvalue weighted by Crippen LogP contribution is 2.29. The van der Waals surface area contributed by atoms with E-state index in [4.69, 9.17) is 0 Å². The molecule has 30 heavy (non-hydrogen) atoms. The van der Waals surface area contributed by atoms with E-state index in [1.807, 2.05) is 30.3 Å². The van der Waals surface area contributed by atoms with Crippen molar-refractivity contribution in [2.75, 3.05) is 25.0 Å². The highest BCUT2D eigenvalue weighted by Gasteiger charge is 2.30. The topological polar surface area (TPSA) is 61.4 Å². The molecule has 1 fully saturated rings. The van der Waals surface area contributed by atoms with E-state index in [9.17, 15) is 22.8 Å². The van der Waals surface area contributed by atoms with E-state index in [2.05, 4.69) is 10.6 Å². The third-order valence-corrected chi connectivity index (χ3v) is 5.17. The lowest BCUT2D eigenvalue weighted by molar-refractivity contribution is -0.137. The van der Waals surface area contributed by atoms with Crippen LogP contribution < -0.4 is 10.6 Å². The second kappa shape index (κ2) is 9.65. The monoisotopic (exact) mass is 419 g/mol. The minimum Gasteiger partial charge on any atom is -0.356 e. The Labute approximate surface area is 173 Å². The molecule has 5 nitrogen and oxygen atoms in total. The third kappa shape index (κ3) is 5.98. The molecule has 160 valence electrons. The lowest BCUT2D eigenvalue weighted by atomic mass is 9.96. The molecule has 0 aliphatic carbocycles. The van der Waals surface area contributed by atoms with E-state index in [-0.39, 0.29) is 17.9 Å². The van der Waals surface area contributed by atoms with Crippen LogP contribution in [0.15, 0.2) is 54.6 Å². The molecule has 0 saturated carbocycles. The minimum absolute atomic E-state index is 0.0787. The molecule has 0 aromatic heterocycles. The van der Waals surface area contributed by atoms with Gasteiger partial charge in [-0.2, -0.15) is 13.2 Å². The second-order valence-corrected chi connectivity index (χ2v) is 7.29. The summed E-state index contributed by atoms with van der Waals surface area (Å²) < 4.78 is 37.8. The van der Waals surface area contributed by atoms with E-state index < -0.39 is 11.7 Å². The second-order valence-electron chi connectivity index (χ2n) is 7.29. The first-order valence-electron chi connectivity index (χ1n) is 9.88. The molecule has 1 aliphatic heterocycles. The summed E-state index contributed by atoms with van der Waals surface area (Å²) in [6, 6.07) is 14.0. The number of nitrogens with one attached hydrogen (secondary N) is 2. The first-order valence-corrected chi connectivity index (χ1v) is 9.88. The number of urea groups is 1. The average Bonchev–Trinajstić information content (AvgIpc) is 2.74. The van der Waals surface area contributed by atoms with Crippen LogP contribution in [0.25, 0.3) is 0 Å². The molecule has 1 heterocycles. The predicted octanol–water partition coefficient (Wildman–Crippen LogP) is 4.31. The number of nitrogens with zero attached hydrogens (tertiary/aromatic N) is 1. The number of rotatable bonds is 5. The molecule has 0 unspecified atom stereocenters. The van der Waals surface area contributed by atoms with Crippen LogP contribution in [0.1, 0.15) is 24.0 Å². The number of benzene rings is 2. The number of halogens is 3. The maximum absolute atomic E-state index is 12.6. The number of carbonyl (C=O) groups excluding carboxylic acids is 2. The Hall–Kier alpha value is -3.03. The zero-order valence-corrected chi connectivity index (χ0v) is 16.4. The summed E-state index contributed by atoms with van der Waals surface area (Å²) >= 11 is 0. The number of hydrogen-bond donors (Lipinski definition) is 2. The molecule has 2 N–H and O–H groups in total. The summed E-state index contributed by atoms with van der Waals surface area (Å²) in [5.74, 6) is -0.247. The van der Waals surface area contributed by atoms with Crippen LogP contribution in [0.3, 0.4) is 0 Å². The van der Waals surface area contributed by atoms with Gasteiger partial charge in [0.15, 0.2) is 0 Å². The van der Waals surface area contributed by atoms with E-state index in [0.717, 1.165) is 23.4 Å². The van der Waals surface area contributed by atoms with Gasteiger partial charge in [-0.25, -0.2) is 4.79 Å². The number of amides is 3. The SMILES string of the molecule is O=C(NCCc1ccc(C(F)(F)F)cc1)C1CCN(C(=O)Nc2ccccc2)CC1. The van der Waals surface area contributed by atoms with Gasteiger partial charge in [0.05, 0.1) is 5.56 Å². The van der Waals surface area contributed by atoms with Crippen LogP contribution in [0.2, 0.25) is 0 Å². The van der Waals surface area contributed by atoms with Crippen molar-refractivity contribution in [3.63, 3.8) is 0 Å². The molecule has 0 spiro atoms. The normalized spacial score (nSPS) is 15.0. The molecular weight excluding hydrogens is 395 g/mol. The molecule has 2 aromatic rings. The van der Waals surface area contributed by atoms with Crippen LogP contribution in [-0.4, -0.2) is 36.5 Å². The van der Waals surface area contributed by atoms with Gasteiger partial charge in [0.1, 0.15) is 0 Å². The molecule has 0 radical (unpaired) electrons. The molecule has 1 aliphatic rings. The largest absolute Gasteiger partial charge is 0.416 e. The zero-order chi connectivity index (χ0) is 21.6. The van der Waals surface area contributed by atoms with E-state index in [1.165, 1.54) is 12.1 Å². The summed E-state index contributed by atoms with van der Waals surface area (Å²) in [6.07, 6.45) is -2.73. The van der Waals surface area contributed by atoms with E-state index in [0.29, 0.717) is 38.9 Å². The fraction of sp³-hybridized carbons (Fsp3) is 0.364. The Balaban J connectivity index is 1.38. The molecule has 8 heteroatoms. The fourth-order valence-corrected chi connectivity index (χ4v) is 3.40. The molecular formula is C22H24F3N3O2. The van der Waals surface area contributed by atoms with Crippen molar-refractivity contribution in [3.05, 3.63) is 65.7 Å². The summed E-state index contributed by atoms with van der Waals surface area (Å²) in [5, 5.41) is 5.69. The van der Waals surface area contributed by atoms with Crippen molar-refractivity contribution in [2.24, 2.45) is 5.92 Å². The minimum atomic E-state index is -4.35. The Bertz CT molecular complexity index is 846. The molecule has 3 rings (SSSR count). The summed E-state index contributed by atoms with van der Waals surface area (Å²) in [5.41, 5.74) is 0.777. The summed E-state index contributed by atoms with van der Waals surface area (Å²) in [7, 11) is 0. The lowest BCUT2D eigenvalue weighted by Crippen LogP contribution is -2.44. The van der Waals surface area contributed by atoms with Crippen LogP contribution in [-0.2, 0) is 17.4 Å². The van der Waals surface area contributed by atoms with Gasteiger partial charge in [0.25, 0.3) is 0 Å². The highest BCUT2D eigenvalue weighted by atomic mass is 19.4. The maximum atomic E-state index is 12.6. The average molecular weight is 419 g/mol. The van der Waals surface area contributed by atoms with Gasteiger partial charge in [-0.05, 0) is 49.1 Å². The van der Waals surface area contributed by atoms with E-state index in [1.54, 1.807) is 4.90 Å². The van der Waals surface area contributed by atoms with Gasteiger partial charge in [0, 0.05) is 31.2 Å². The standard InChI is InChI=1S/C22H24F3N3O2/c23-22(24,25)18-8-6-16(7-9-18)10-13-26-20(29)17-11-14-28(15-12-17)21(30)27-19-4-2-1-3-5-19/h1-9,17H,10-15H2,(H,26,29)(H,27,30). The van der Waals surface area contributed by atoms with Gasteiger partial charge < -0.3 is 15.5 Å². The molecule has 1 saturated heterocycles. The van der Waals surface area contributed by atoms with Gasteiger partial charge in [0.2, 0.25) is 5.91 Å². The van der Waals surface area contributed by atoms with Gasteiger partial charge >= 0.3 is 12.2 Å². The van der Waals surface area contributed by atoms with Crippen molar-refractivity contribution >= 4 is 17.6 Å². The van der Waals surface area contributed by atoms with Crippen molar-refractivity contribution in [3.8, 4) is 0 Å². The Morgan fingerprint density at radius 3 is 2.20 bits per heavy atom. The third-order valence-electron chi connectivity index (χ3n) is 5.17. The van der Waals surface area contributed by atoms with Crippen molar-refractivity contribution in [1.82, 2.24) is 10.2 Å². The Morgan fingerprint density at radius 1 is 0.967 bits per heavy atom. The lowest BCUT2D eigenvalue weighted by Gasteiger charge is -2.31.